The molecule has 0 atom stereocenters. The van der Waals surface area contributed by atoms with Crippen LogP contribution in [0.15, 0.2) is 22.6 Å². The fourth-order valence-electron chi connectivity index (χ4n) is 1.19. The molecule has 2 rings (SSSR count). The average molecular weight is 192 g/mol. The van der Waals surface area contributed by atoms with Crippen molar-refractivity contribution < 1.29 is 9.52 Å². The molecule has 14 heavy (non-hydrogen) atoms. The topological polar surface area (TPSA) is 72.3 Å². The van der Waals surface area contributed by atoms with Gasteiger partial charge in [0.25, 0.3) is 0 Å². The number of hydrogen-bond acceptors (Lipinski definition) is 4. The van der Waals surface area contributed by atoms with Crippen molar-refractivity contribution in [1.82, 2.24) is 4.98 Å². The van der Waals surface area contributed by atoms with Gasteiger partial charge in [0, 0.05) is 6.07 Å². The summed E-state index contributed by atoms with van der Waals surface area (Å²) in [6.45, 7) is 3.63. The van der Waals surface area contributed by atoms with E-state index in [2.05, 4.69) is 4.98 Å². The molecule has 0 aliphatic rings. The first kappa shape index (κ1) is 9.02. The van der Waals surface area contributed by atoms with E-state index in [0.717, 1.165) is 0 Å². The molecule has 0 bridgehead atoms. The predicted molar refractivity (Wildman–Crippen MR) is 52.9 cm³/mol. The number of aromatic nitrogens is 1. The van der Waals surface area contributed by atoms with E-state index >= 15 is 0 Å². The van der Waals surface area contributed by atoms with Crippen molar-refractivity contribution in [3.05, 3.63) is 24.1 Å². The third-order valence-electron chi connectivity index (χ3n) is 1.92. The SMILES string of the molecule is CC(C)(N)c1nc2ccc(O)cc2o1. The molecule has 0 aliphatic carbocycles. The zero-order valence-corrected chi connectivity index (χ0v) is 8.11. The number of rotatable bonds is 1. The Kier molecular flexibility index (Phi) is 1.75. The highest BCUT2D eigenvalue weighted by Gasteiger charge is 2.21. The summed E-state index contributed by atoms with van der Waals surface area (Å²) in [5.74, 6) is 0.633. The minimum atomic E-state index is -0.603. The minimum absolute atomic E-state index is 0.162. The second kappa shape index (κ2) is 2.72. The van der Waals surface area contributed by atoms with Gasteiger partial charge in [-0.3, -0.25) is 0 Å². The molecule has 0 saturated carbocycles. The Hall–Kier alpha value is -1.55. The van der Waals surface area contributed by atoms with Crippen LogP contribution in [0, 0.1) is 0 Å². The van der Waals surface area contributed by atoms with Crippen LogP contribution in [-0.4, -0.2) is 10.1 Å². The first-order valence-electron chi connectivity index (χ1n) is 4.36. The summed E-state index contributed by atoms with van der Waals surface area (Å²) in [5, 5.41) is 9.22. The van der Waals surface area contributed by atoms with E-state index in [0.29, 0.717) is 17.0 Å². The summed E-state index contributed by atoms with van der Waals surface area (Å²) in [7, 11) is 0. The van der Waals surface area contributed by atoms with Crippen molar-refractivity contribution in [3.8, 4) is 5.75 Å². The molecule has 1 aromatic heterocycles. The van der Waals surface area contributed by atoms with Crippen LogP contribution in [0.25, 0.3) is 11.1 Å². The van der Waals surface area contributed by atoms with Gasteiger partial charge in [-0.05, 0) is 26.0 Å². The van der Waals surface area contributed by atoms with Crippen molar-refractivity contribution in [2.24, 2.45) is 5.73 Å². The van der Waals surface area contributed by atoms with Crippen LogP contribution < -0.4 is 5.73 Å². The molecule has 0 unspecified atom stereocenters. The smallest absolute Gasteiger partial charge is 0.215 e. The van der Waals surface area contributed by atoms with Crippen molar-refractivity contribution >= 4 is 11.1 Å². The molecule has 0 aliphatic heterocycles. The van der Waals surface area contributed by atoms with Gasteiger partial charge in [0.15, 0.2) is 5.58 Å². The Balaban J connectivity index is 2.63. The Morgan fingerprint density at radius 1 is 1.43 bits per heavy atom. The van der Waals surface area contributed by atoms with E-state index in [1.54, 1.807) is 12.1 Å². The number of phenols is 1. The van der Waals surface area contributed by atoms with E-state index in [-0.39, 0.29) is 5.75 Å². The van der Waals surface area contributed by atoms with Crippen LogP contribution >= 0.6 is 0 Å². The maximum Gasteiger partial charge on any atom is 0.215 e. The molecular formula is C10H12N2O2. The molecule has 4 heteroatoms. The third-order valence-corrected chi connectivity index (χ3v) is 1.92. The van der Waals surface area contributed by atoms with E-state index in [1.807, 2.05) is 13.8 Å². The summed E-state index contributed by atoms with van der Waals surface area (Å²) in [5.41, 5.74) is 6.50. The molecule has 0 radical (unpaired) electrons. The number of fused-ring (bicyclic) bond motifs is 1. The van der Waals surface area contributed by atoms with Crippen molar-refractivity contribution in [2.45, 2.75) is 19.4 Å². The molecule has 0 amide bonds. The summed E-state index contributed by atoms with van der Waals surface area (Å²) in [6, 6.07) is 4.79. The van der Waals surface area contributed by atoms with Crippen molar-refractivity contribution in [2.75, 3.05) is 0 Å². The Bertz CT molecular complexity index is 468. The first-order chi connectivity index (χ1) is 6.47. The predicted octanol–water partition coefficient (Wildman–Crippen LogP) is 1.73. The van der Waals surface area contributed by atoms with E-state index in [9.17, 15) is 5.11 Å². The van der Waals surface area contributed by atoms with Gasteiger partial charge in [-0.25, -0.2) is 4.98 Å². The highest BCUT2D eigenvalue weighted by Crippen LogP contribution is 2.24. The number of oxazole rings is 1. The maximum atomic E-state index is 9.22. The zero-order chi connectivity index (χ0) is 10.3. The second-order valence-corrected chi connectivity index (χ2v) is 3.89. The molecule has 0 saturated heterocycles. The molecule has 3 N–H and O–H groups in total. The molecule has 0 fully saturated rings. The quantitative estimate of drug-likeness (QED) is 0.721. The Morgan fingerprint density at radius 2 is 2.14 bits per heavy atom. The van der Waals surface area contributed by atoms with E-state index in [1.165, 1.54) is 6.07 Å². The molecule has 4 nitrogen and oxygen atoms in total. The van der Waals surface area contributed by atoms with Crippen LogP contribution in [0.2, 0.25) is 0 Å². The normalized spacial score (nSPS) is 12.2. The Morgan fingerprint density at radius 3 is 2.79 bits per heavy atom. The van der Waals surface area contributed by atoms with E-state index < -0.39 is 5.54 Å². The highest BCUT2D eigenvalue weighted by molar-refractivity contribution is 5.74. The number of benzene rings is 1. The molecule has 1 aromatic carbocycles. The van der Waals surface area contributed by atoms with Crippen LogP contribution in [0.1, 0.15) is 19.7 Å². The van der Waals surface area contributed by atoms with Crippen molar-refractivity contribution in [1.29, 1.82) is 0 Å². The van der Waals surface area contributed by atoms with Crippen LogP contribution in [0.4, 0.5) is 0 Å². The summed E-state index contributed by atoms with van der Waals surface area (Å²) < 4.78 is 5.42. The van der Waals surface area contributed by atoms with Gasteiger partial charge in [-0.2, -0.15) is 0 Å². The monoisotopic (exact) mass is 192 g/mol. The van der Waals surface area contributed by atoms with Gasteiger partial charge in [-0.1, -0.05) is 0 Å². The standard InChI is InChI=1S/C10H12N2O2/c1-10(2,11)9-12-7-4-3-6(13)5-8(7)14-9/h3-5,13H,11H2,1-2H3. The lowest BCUT2D eigenvalue weighted by Gasteiger charge is -2.11. The second-order valence-electron chi connectivity index (χ2n) is 3.89. The largest absolute Gasteiger partial charge is 0.508 e. The Labute approximate surface area is 81.4 Å². The number of phenolic OH excluding ortho intramolecular Hbond substituents is 1. The summed E-state index contributed by atoms with van der Waals surface area (Å²) >= 11 is 0. The first-order valence-corrected chi connectivity index (χ1v) is 4.36. The number of aromatic hydroxyl groups is 1. The summed E-state index contributed by atoms with van der Waals surface area (Å²) in [6.07, 6.45) is 0. The van der Waals surface area contributed by atoms with E-state index in [4.69, 9.17) is 10.2 Å². The van der Waals surface area contributed by atoms with Gasteiger partial charge in [-0.15, -0.1) is 0 Å². The van der Waals surface area contributed by atoms with Gasteiger partial charge in [0.05, 0.1) is 5.54 Å². The molecular weight excluding hydrogens is 180 g/mol. The van der Waals surface area contributed by atoms with Gasteiger partial charge in [0.1, 0.15) is 11.3 Å². The third kappa shape index (κ3) is 1.44. The fourth-order valence-corrected chi connectivity index (χ4v) is 1.19. The number of nitrogens with zero attached hydrogens (tertiary/aromatic N) is 1. The lowest BCUT2D eigenvalue weighted by molar-refractivity contribution is 0.393. The molecule has 0 spiro atoms. The van der Waals surface area contributed by atoms with Crippen LogP contribution in [-0.2, 0) is 5.54 Å². The van der Waals surface area contributed by atoms with Crippen molar-refractivity contribution in [3.63, 3.8) is 0 Å². The van der Waals surface area contributed by atoms with Gasteiger partial charge in [0.2, 0.25) is 5.89 Å². The fraction of sp³-hybridized carbons (Fsp3) is 0.300. The summed E-state index contributed by atoms with van der Waals surface area (Å²) in [4.78, 5) is 4.22. The molecule has 1 heterocycles. The highest BCUT2D eigenvalue weighted by atomic mass is 16.4. The number of hydrogen-bond donors (Lipinski definition) is 2. The average Bonchev–Trinajstić information content (AvgIpc) is 2.45. The zero-order valence-electron chi connectivity index (χ0n) is 8.11. The molecule has 74 valence electrons. The number of nitrogens with two attached hydrogens (primary N) is 1. The lowest BCUT2D eigenvalue weighted by atomic mass is 10.1. The lowest BCUT2D eigenvalue weighted by Crippen LogP contribution is -2.28. The van der Waals surface area contributed by atoms with Gasteiger partial charge >= 0.3 is 0 Å². The molecule has 2 aromatic rings. The minimum Gasteiger partial charge on any atom is -0.508 e. The van der Waals surface area contributed by atoms with Gasteiger partial charge < -0.3 is 15.3 Å². The maximum absolute atomic E-state index is 9.22. The van der Waals surface area contributed by atoms with Crippen LogP contribution in [0.5, 0.6) is 5.75 Å². The van der Waals surface area contributed by atoms with Crippen LogP contribution in [0.3, 0.4) is 0 Å².